The Balaban J connectivity index is 2.21. The topological polar surface area (TPSA) is 59.4 Å². The number of hydrogen-bond donors (Lipinski definition) is 1. The molecule has 2 rings (SSSR count). The number of aryl methyl sites for hydroxylation is 1. The number of H-pyrrole nitrogens is 1. The van der Waals surface area contributed by atoms with Crippen LogP contribution in [0.15, 0.2) is 34.1 Å². The second-order valence-corrected chi connectivity index (χ2v) is 5.46. The van der Waals surface area contributed by atoms with Gasteiger partial charge in [-0.1, -0.05) is 13.3 Å². The summed E-state index contributed by atoms with van der Waals surface area (Å²) in [5.41, 5.74) is 1.85. The highest BCUT2D eigenvalue weighted by atomic mass is 19.1. The summed E-state index contributed by atoms with van der Waals surface area (Å²) < 4.78 is 19.8. The van der Waals surface area contributed by atoms with Gasteiger partial charge in [-0.15, -0.1) is 0 Å². The Morgan fingerprint density at radius 2 is 2.04 bits per heavy atom. The highest BCUT2D eigenvalue weighted by Gasteiger charge is 2.13. The number of nitrogens with zero attached hydrogens (tertiary/aromatic N) is 2. The molecule has 0 radical (unpaired) electrons. The molecule has 0 saturated carbocycles. The minimum atomic E-state index is -0.330. The lowest BCUT2D eigenvalue weighted by Gasteiger charge is -2.01. The standard InChI is InChI=1S/C18H24FN3O2/c1-3-6-17-16(13-20-11-5-12-24-4-2)18(23)22(21-17)15-9-7-14(19)8-10-15/h7-10,13,21H,3-6,11-12H2,1-2H3. The van der Waals surface area contributed by atoms with Crippen LogP contribution in [0, 0.1) is 5.82 Å². The van der Waals surface area contributed by atoms with Crippen LogP contribution in [0.5, 0.6) is 0 Å². The van der Waals surface area contributed by atoms with E-state index in [0.717, 1.165) is 25.0 Å². The van der Waals surface area contributed by atoms with Crippen molar-refractivity contribution < 1.29 is 9.13 Å². The number of benzene rings is 1. The zero-order valence-electron chi connectivity index (χ0n) is 14.2. The number of rotatable bonds is 9. The number of aromatic amines is 1. The van der Waals surface area contributed by atoms with Crippen molar-refractivity contribution in [2.45, 2.75) is 33.1 Å². The van der Waals surface area contributed by atoms with E-state index in [1.165, 1.54) is 16.8 Å². The predicted molar refractivity (Wildman–Crippen MR) is 93.9 cm³/mol. The lowest BCUT2D eigenvalue weighted by atomic mass is 10.2. The fourth-order valence-electron chi connectivity index (χ4n) is 2.40. The molecule has 6 heteroatoms. The number of ether oxygens (including phenoxy) is 1. The van der Waals surface area contributed by atoms with Gasteiger partial charge in [0.25, 0.3) is 5.56 Å². The Morgan fingerprint density at radius 1 is 1.29 bits per heavy atom. The fraction of sp³-hybridized carbons (Fsp3) is 0.444. The first-order chi connectivity index (χ1) is 11.7. The van der Waals surface area contributed by atoms with Gasteiger partial charge in [0.1, 0.15) is 5.82 Å². The van der Waals surface area contributed by atoms with Crippen LogP contribution in [0.25, 0.3) is 5.69 Å². The molecule has 1 aromatic carbocycles. The third-order valence-corrected chi connectivity index (χ3v) is 3.59. The van der Waals surface area contributed by atoms with E-state index in [-0.39, 0.29) is 11.4 Å². The zero-order chi connectivity index (χ0) is 17.4. The van der Waals surface area contributed by atoms with Gasteiger partial charge in [-0.25, -0.2) is 9.07 Å². The van der Waals surface area contributed by atoms with E-state index in [9.17, 15) is 9.18 Å². The summed E-state index contributed by atoms with van der Waals surface area (Å²) in [7, 11) is 0. The third-order valence-electron chi connectivity index (χ3n) is 3.59. The van der Waals surface area contributed by atoms with E-state index in [2.05, 4.69) is 17.0 Å². The molecule has 1 aromatic heterocycles. The molecule has 0 spiro atoms. The lowest BCUT2D eigenvalue weighted by Crippen LogP contribution is -2.17. The number of nitrogens with one attached hydrogen (secondary N) is 1. The molecule has 130 valence electrons. The van der Waals surface area contributed by atoms with Crippen LogP contribution < -0.4 is 5.56 Å². The first-order valence-electron chi connectivity index (χ1n) is 8.34. The van der Waals surface area contributed by atoms with Gasteiger partial charge in [-0.05, 0) is 44.0 Å². The fourth-order valence-corrected chi connectivity index (χ4v) is 2.40. The zero-order valence-corrected chi connectivity index (χ0v) is 14.2. The van der Waals surface area contributed by atoms with Gasteiger partial charge in [-0.2, -0.15) is 0 Å². The lowest BCUT2D eigenvalue weighted by molar-refractivity contribution is 0.146. The first kappa shape index (κ1) is 18.1. The van der Waals surface area contributed by atoms with Gasteiger partial charge in [0, 0.05) is 31.7 Å². The summed E-state index contributed by atoms with van der Waals surface area (Å²) in [6.07, 6.45) is 4.12. The van der Waals surface area contributed by atoms with Crippen LogP contribution in [0.4, 0.5) is 4.39 Å². The van der Waals surface area contributed by atoms with E-state index < -0.39 is 0 Å². The number of halogens is 1. The van der Waals surface area contributed by atoms with Crippen molar-refractivity contribution in [1.82, 2.24) is 9.78 Å². The average molecular weight is 333 g/mol. The normalized spacial score (nSPS) is 11.5. The third kappa shape index (κ3) is 4.64. The van der Waals surface area contributed by atoms with E-state index >= 15 is 0 Å². The van der Waals surface area contributed by atoms with Crippen molar-refractivity contribution in [3.05, 3.63) is 51.7 Å². The SMILES string of the molecule is CCCc1[nH]n(-c2ccc(F)cc2)c(=O)c1C=NCCCOCC. The number of aromatic nitrogens is 2. The molecule has 2 aromatic rings. The van der Waals surface area contributed by atoms with Crippen molar-refractivity contribution in [2.24, 2.45) is 4.99 Å². The monoisotopic (exact) mass is 333 g/mol. The van der Waals surface area contributed by atoms with Crippen LogP contribution in [0.1, 0.15) is 37.9 Å². The maximum Gasteiger partial charge on any atom is 0.280 e. The highest BCUT2D eigenvalue weighted by Crippen LogP contribution is 2.09. The summed E-state index contributed by atoms with van der Waals surface area (Å²) in [6, 6.07) is 5.82. The molecular formula is C18H24FN3O2. The van der Waals surface area contributed by atoms with Gasteiger partial charge in [0.05, 0.1) is 11.3 Å². The maximum atomic E-state index is 13.1. The molecular weight excluding hydrogens is 309 g/mol. The number of hydrogen-bond acceptors (Lipinski definition) is 3. The Hall–Kier alpha value is -2.21. The predicted octanol–water partition coefficient (Wildman–Crippen LogP) is 3.10. The minimum Gasteiger partial charge on any atom is -0.382 e. The molecule has 0 unspecified atom stereocenters. The molecule has 5 nitrogen and oxygen atoms in total. The second kappa shape index (κ2) is 9.17. The van der Waals surface area contributed by atoms with E-state index in [1.54, 1.807) is 18.3 Å². The first-order valence-corrected chi connectivity index (χ1v) is 8.34. The molecule has 0 aliphatic rings. The quantitative estimate of drug-likeness (QED) is 0.566. The summed E-state index contributed by atoms with van der Waals surface area (Å²) >= 11 is 0. The summed E-state index contributed by atoms with van der Waals surface area (Å²) in [5, 5.41) is 3.11. The maximum absolute atomic E-state index is 13.1. The summed E-state index contributed by atoms with van der Waals surface area (Å²) in [6.45, 7) is 5.99. The van der Waals surface area contributed by atoms with Crippen molar-refractivity contribution >= 4 is 6.21 Å². The van der Waals surface area contributed by atoms with Gasteiger partial charge < -0.3 is 4.74 Å². The largest absolute Gasteiger partial charge is 0.382 e. The van der Waals surface area contributed by atoms with E-state index in [1.807, 2.05) is 6.92 Å². The molecule has 1 N–H and O–H groups in total. The second-order valence-electron chi connectivity index (χ2n) is 5.46. The van der Waals surface area contributed by atoms with Crippen LogP contribution in [0.2, 0.25) is 0 Å². The molecule has 0 saturated heterocycles. The average Bonchev–Trinajstić information content (AvgIpc) is 2.88. The van der Waals surface area contributed by atoms with Gasteiger partial charge in [0.2, 0.25) is 0 Å². The summed E-state index contributed by atoms with van der Waals surface area (Å²) in [4.78, 5) is 17.0. The molecule has 0 bridgehead atoms. The van der Waals surface area contributed by atoms with Crippen LogP contribution in [-0.2, 0) is 11.2 Å². The number of aliphatic imine (C=N–C) groups is 1. The van der Waals surface area contributed by atoms with Crippen molar-refractivity contribution in [2.75, 3.05) is 19.8 Å². The Kier molecular flexibility index (Phi) is 6.93. The Labute approximate surface area is 141 Å². The molecule has 0 amide bonds. The molecule has 0 aliphatic heterocycles. The molecule has 0 fully saturated rings. The van der Waals surface area contributed by atoms with Gasteiger partial charge in [0.15, 0.2) is 0 Å². The Bertz CT molecular complexity index is 717. The molecule has 0 aliphatic carbocycles. The Morgan fingerprint density at radius 3 is 2.71 bits per heavy atom. The summed E-state index contributed by atoms with van der Waals surface area (Å²) in [5.74, 6) is -0.330. The van der Waals surface area contributed by atoms with Crippen LogP contribution in [0.3, 0.4) is 0 Å². The smallest absolute Gasteiger partial charge is 0.280 e. The van der Waals surface area contributed by atoms with Crippen molar-refractivity contribution in [3.8, 4) is 5.69 Å². The van der Waals surface area contributed by atoms with Gasteiger partial charge in [-0.3, -0.25) is 14.9 Å². The van der Waals surface area contributed by atoms with Crippen LogP contribution >= 0.6 is 0 Å². The molecule has 1 heterocycles. The van der Waals surface area contributed by atoms with Crippen molar-refractivity contribution in [1.29, 1.82) is 0 Å². The molecule has 0 atom stereocenters. The van der Waals surface area contributed by atoms with E-state index in [0.29, 0.717) is 31.0 Å². The van der Waals surface area contributed by atoms with Crippen LogP contribution in [-0.4, -0.2) is 35.8 Å². The van der Waals surface area contributed by atoms with Crippen molar-refractivity contribution in [3.63, 3.8) is 0 Å². The van der Waals surface area contributed by atoms with E-state index in [4.69, 9.17) is 4.74 Å². The minimum absolute atomic E-state index is 0.168. The highest BCUT2D eigenvalue weighted by molar-refractivity contribution is 5.80. The van der Waals surface area contributed by atoms with Gasteiger partial charge >= 0.3 is 0 Å². The molecule has 24 heavy (non-hydrogen) atoms.